The van der Waals surface area contributed by atoms with Gasteiger partial charge in [0.1, 0.15) is 5.75 Å². The van der Waals surface area contributed by atoms with E-state index in [-0.39, 0.29) is 0 Å². The third-order valence-corrected chi connectivity index (χ3v) is 5.03. The van der Waals surface area contributed by atoms with Gasteiger partial charge in [-0.1, -0.05) is 18.2 Å². The topological polar surface area (TPSA) is 66.4 Å². The molecule has 3 aromatic rings. The molecule has 2 heterocycles. The minimum absolute atomic E-state index is 0.652. The first-order chi connectivity index (χ1) is 14.1. The molecule has 0 bridgehead atoms. The van der Waals surface area contributed by atoms with Gasteiger partial charge in [-0.25, -0.2) is 0 Å². The van der Waals surface area contributed by atoms with Crippen LogP contribution in [0.4, 0.5) is 23.1 Å². The van der Waals surface area contributed by atoms with Gasteiger partial charge in [0.15, 0.2) is 5.82 Å². The highest BCUT2D eigenvalue weighted by Crippen LogP contribution is 2.29. The summed E-state index contributed by atoms with van der Waals surface area (Å²) >= 11 is 0. The Bertz CT molecular complexity index is 964. The van der Waals surface area contributed by atoms with Crippen LogP contribution in [-0.2, 0) is 0 Å². The number of ether oxygens (including phenoxy) is 1. The zero-order valence-corrected chi connectivity index (χ0v) is 17.1. The molecular weight excluding hydrogens is 364 g/mol. The number of benzene rings is 2. The normalized spacial score (nSPS) is 14.0. The Kier molecular flexibility index (Phi) is 5.46. The molecule has 0 unspecified atom stereocenters. The summed E-state index contributed by atoms with van der Waals surface area (Å²) in [4.78, 5) is 9.19. The number of methoxy groups -OCH3 is 1. The van der Waals surface area contributed by atoms with Gasteiger partial charge >= 0.3 is 0 Å². The van der Waals surface area contributed by atoms with Crippen LogP contribution in [0, 0.1) is 13.8 Å². The average Bonchev–Trinajstić information content (AvgIpc) is 2.73. The number of nitrogens with one attached hydrogen (secondary N) is 1. The molecule has 0 radical (unpaired) electrons. The summed E-state index contributed by atoms with van der Waals surface area (Å²) in [5.41, 5.74) is 4.55. The van der Waals surface area contributed by atoms with Gasteiger partial charge in [-0.05, 0) is 49.2 Å². The lowest BCUT2D eigenvalue weighted by Gasteiger charge is -2.36. The van der Waals surface area contributed by atoms with Crippen molar-refractivity contribution in [3.63, 3.8) is 0 Å². The number of rotatable bonds is 5. The summed E-state index contributed by atoms with van der Waals surface area (Å²) in [6, 6.07) is 14.5. The summed E-state index contributed by atoms with van der Waals surface area (Å²) in [5.74, 6) is 2.25. The zero-order chi connectivity index (χ0) is 20.2. The highest BCUT2D eigenvalue weighted by atomic mass is 16.5. The van der Waals surface area contributed by atoms with Crippen molar-refractivity contribution in [3.05, 3.63) is 59.8 Å². The molecule has 1 aliphatic rings. The fourth-order valence-corrected chi connectivity index (χ4v) is 3.72. The van der Waals surface area contributed by atoms with Crippen LogP contribution < -0.4 is 19.9 Å². The van der Waals surface area contributed by atoms with Crippen molar-refractivity contribution in [2.75, 3.05) is 48.4 Å². The van der Waals surface area contributed by atoms with Gasteiger partial charge in [-0.15, -0.1) is 5.10 Å². The van der Waals surface area contributed by atoms with Gasteiger partial charge in [0, 0.05) is 31.9 Å². The number of aromatic nitrogens is 3. The van der Waals surface area contributed by atoms with Crippen LogP contribution in [0.15, 0.2) is 48.7 Å². The summed E-state index contributed by atoms with van der Waals surface area (Å²) in [7, 11) is 1.71. The van der Waals surface area contributed by atoms with E-state index in [0.717, 1.165) is 43.3 Å². The Labute approximate surface area is 171 Å². The monoisotopic (exact) mass is 390 g/mol. The molecule has 2 aromatic carbocycles. The highest BCUT2D eigenvalue weighted by Gasteiger charge is 2.21. The van der Waals surface area contributed by atoms with Gasteiger partial charge in [-0.3, -0.25) is 0 Å². The fraction of sp³-hybridized carbons (Fsp3) is 0.318. The largest absolute Gasteiger partial charge is 0.495 e. The molecule has 7 nitrogen and oxygen atoms in total. The van der Waals surface area contributed by atoms with E-state index in [0.29, 0.717) is 11.8 Å². The quantitative estimate of drug-likeness (QED) is 0.714. The number of hydrogen-bond acceptors (Lipinski definition) is 7. The maximum absolute atomic E-state index is 5.50. The Balaban J connectivity index is 1.44. The number of anilines is 4. The summed E-state index contributed by atoms with van der Waals surface area (Å²) < 4.78 is 5.50. The number of para-hydroxylation sites is 2. The predicted molar refractivity (Wildman–Crippen MR) is 116 cm³/mol. The first kappa shape index (κ1) is 19.0. The van der Waals surface area contributed by atoms with Crippen LogP contribution in [0.25, 0.3) is 0 Å². The van der Waals surface area contributed by atoms with Crippen LogP contribution in [-0.4, -0.2) is 48.5 Å². The molecule has 1 saturated heterocycles. The van der Waals surface area contributed by atoms with E-state index in [9.17, 15) is 0 Å². The van der Waals surface area contributed by atoms with Crippen LogP contribution in [0.2, 0.25) is 0 Å². The standard InChI is InChI=1S/C22H26N6O/c1-16-12-17(2)14-18(13-16)24-21-15-23-26-22(25-21)28-10-8-27(9-11-28)19-6-4-5-7-20(19)29-3/h4-7,12-15H,8-11H2,1-3H3,(H,24,25,26). The van der Waals surface area contributed by atoms with Gasteiger partial charge < -0.3 is 19.9 Å². The first-order valence-electron chi connectivity index (χ1n) is 9.80. The lowest BCUT2D eigenvalue weighted by Crippen LogP contribution is -2.47. The van der Waals surface area contributed by atoms with Crippen molar-refractivity contribution in [1.29, 1.82) is 0 Å². The number of nitrogens with zero attached hydrogens (tertiary/aromatic N) is 5. The molecule has 0 saturated carbocycles. The average molecular weight is 390 g/mol. The van der Waals surface area contributed by atoms with Crippen LogP contribution in [0.3, 0.4) is 0 Å². The second-order valence-electron chi connectivity index (χ2n) is 7.29. The maximum atomic E-state index is 5.50. The van der Waals surface area contributed by atoms with Crippen molar-refractivity contribution < 1.29 is 4.74 Å². The predicted octanol–water partition coefficient (Wildman–Crippen LogP) is 3.57. The van der Waals surface area contributed by atoms with Gasteiger partial charge in [0.2, 0.25) is 5.95 Å². The zero-order valence-electron chi connectivity index (χ0n) is 17.1. The minimum Gasteiger partial charge on any atom is -0.495 e. The second-order valence-corrected chi connectivity index (χ2v) is 7.29. The lowest BCUT2D eigenvalue weighted by atomic mass is 10.1. The van der Waals surface area contributed by atoms with E-state index in [1.54, 1.807) is 13.3 Å². The Morgan fingerprint density at radius 3 is 2.34 bits per heavy atom. The van der Waals surface area contributed by atoms with Gasteiger partial charge in [0.25, 0.3) is 0 Å². The number of hydrogen-bond donors (Lipinski definition) is 1. The van der Waals surface area contributed by atoms with E-state index in [1.807, 2.05) is 18.2 Å². The minimum atomic E-state index is 0.652. The van der Waals surface area contributed by atoms with Gasteiger partial charge in [-0.2, -0.15) is 10.1 Å². The molecule has 1 N–H and O–H groups in total. The molecule has 7 heteroatoms. The molecule has 0 spiro atoms. The smallest absolute Gasteiger partial charge is 0.247 e. The molecule has 1 aliphatic heterocycles. The third kappa shape index (κ3) is 4.39. The van der Waals surface area contributed by atoms with Gasteiger partial charge in [0.05, 0.1) is 19.0 Å². The molecule has 1 aromatic heterocycles. The van der Waals surface area contributed by atoms with Crippen LogP contribution in [0.1, 0.15) is 11.1 Å². The van der Waals surface area contributed by atoms with Crippen molar-refractivity contribution in [1.82, 2.24) is 15.2 Å². The summed E-state index contributed by atoms with van der Waals surface area (Å²) in [6.07, 6.45) is 1.66. The second kappa shape index (κ2) is 8.34. The van der Waals surface area contributed by atoms with E-state index < -0.39 is 0 Å². The molecule has 29 heavy (non-hydrogen) atoms. The van der Waals surface area contributed by atoms with E-state index >= 15 is 0 Å². The molecular formula is C22H26N6O. The van der Waals surface area contributed by atoms with Crippen molar-refractivity contribution in [3.8, 4) is 5.75 Å². The molecule has 4 rings (SSSR count). The lowest BCUT2D eigenvalue weighted by molar-refractivity contribution is 0.413. The van der Waals surface area contributed by atoms with E-state index in [2.05, 4.69) is 68.4 Å². The van der Waals surface area contributed by atoms with Crippen molar-refractivity contribution in [2.45, 2.75) is 13.8 Å². The highest BCUT2D eigenvalue weighted by molar-refractivity contribution is 5.60. The first-order valence-corrected chi connectivity index (χ1v) is 9.80. The molecule has 150 valence electrons. The van der Waals surface area contributed by atoms with Crippen LogP contribution in [0.5, 0.6) is 5.75 Å². The van der Waals surface area contributed by atoms with Crippen LogP contribution >= 0.6 is 0 Å². The maximum Gasteiger partial charge on any atom is 0.247 e. The Hall–Kier alpha value is -3.35. The fourth-order valence-electron chi connectivity index (χ4n) is 3.72. The Morgan fingerprint density at radius 1 is 0.931 bits per heavy atom. The van der Waals surface area contributed by atoms with E-state index in [1.165, 1.54) is 11.1 Å². The van der Waals surface area contributed by atoms with Crippen molar-refractivity contribution >= 4 is 23.1 Å². The SMILES string of the molecule is COc1ccccc1N1CCN(c2nncc(Nc3cc(C)cc(C)c3)n2)CC1. The molecule has 1 fully saturated rings. The third-order valence-electron chi connectivity index (χ3n) is 5.03. The molecule has 0 aliphatic carbocycles. The van der Waals surface area contributed by atoms with Crippen molar-refractivity contribution in [2.24, 2.45) is 0 Å². The summed E-state index contributed by atoms with van der Waals surface area (Å²) in [6.45, 7) is 7.57. The summed E-state index contributed by atoms with van der Waals surface area (Å²) in [5, 5.41) is 11.8. The molecule has 0 atom stereocenters. The number of piperazine rings is 1. The number of aryl methyl sites for hydroxylation is 2. The Morgan fingerprint density at radius 2 is 1.62 bits per heavy atom. The van der Waals surface area contributed by atoms with E-state index in [4.69, 9.17) is 4.74 Å². The molecule has 0 amide bonds.